The fraction of sp³-hybridized carbons (Fsp3) is 0.750. The molecule has 3 N–H and O–H groups in total. The zero-order valence-corrected chi connectivity index (χ0v) is 13.1. The van der Waals surface area contributed by atoms with Gasteiger partial charge in [0, 0.05) is 19.6 Å². The molecule has 8 heteroatoms. The summed E-state index contributed by atoms with van der Waals surface area (Å²) in [6.45, 7) is 3.46. The van der Waals surface area contributed by atoms with Gasteiger partial charge in [-0.05, 0) is 25.2 Å². The molecule has 0 radical (unpaired) electrons. The van der Waals surface area contributed by atoms with Crippen LogP contribution in [0.2, 0.25) is 0 Å². The Labute approximate surface area is 128 Å². The van der Waals surface area contributed by atoms with E-state index in [0.29, 0.717) is 18.3 Å². The molecule has 2 heterocycles. The van der Waals surface area contributed by atoms with Gasteiger partial charge in [0.05, 0.1) is 6.04 Å². The number of rotatable bonds is 5. The molecular weight excluding hydrogens is 300 g/mol. The van der Waals surface area contributed by atoms with Crippen LogP contribution in [0.15, 0.2) is 0 Å². The monoisotopic (exact) mass is 320 g/mol. The van der Waals surface area contributed by atoms with Crippen molar-refractivity contribution < 1.29 is 9.53 Å². The number of nitrogens with two attached hydrogens (primary N) is 1. The quantitative estimate of drug-likeness (QED) is 0.860. The first-order valence-electron chi connectivity index (χ1n) is 6.67. The lowest BCUT2D eigenvalue weighted by Gasteiger charge is -2.26. The van der Waals surface area contributed by atoms with E-state index in [4.69, 9.17) is 10.5 Å². The fourth-order valence-corrected chi connectivity index (χ4v) is 2.94. The van der Waals surface area contributed by atoms with Crippen molar-refractivity contribution in [1.29, 1.82) is 0 Å². The summed E-state index contributed by atoms with van der Waals surface area (Å²) >= 11 is 1.42. The zero-order chi connectivity index (χ0) is 13.7. The molecule has 1 fully saturated rings. The Kier molecular flexibility index (Phi) is 7.36. The number of carbonyl (C=O) groups excluding carboxylic acids is 1. The van der Waals surface area contributed by atoms with E-state index in [1.807, 2.05) is 0 Å². The SMILES string of the molecule is CCCc1nnc(NC(=O)C(N)C2CCOCC2)s1.Cl. The molecular formula is C12H21ClN4O2S. The average Bonchev–Trinajstić information content (AvgIpc) is 2.86. The van der Waals surface area contributed by atoms with Gasteiger partial charge in [-0.3, -0.25) is 10.1 Å². The van der Waals surface area contributed by atoms with E-state index in [2.05, 4.69) is 22.4 Å². The minimum Gasteiger partial charge on any atom is -0.381 e. The van der Waals surface area contributed by atoms with Crippen molar-refractivity contribution in [1.82, 2.24) is 10.2 Å². The van der Waals surface area contributed by atoms with Crippen LogP contribution in [0, 0.1) is 5.92 Å². The average molecular weight is 321 g/mol. The predicted octanol–water partition coefficient (Wildman–Crippen LogP) is 1.60. The van der Waals surface area contributed by atoms with Gasteiger partial charge in [0.1, 0.15) is 5.01 Å². The number of hydrogen-bond acceptors (Lipinski definition) is 6. The predicted molar refractivity (Wildman–Crippen MR) is 81.3 cm³/mol. The van der Waals surface area contributed by atoms with Crippen LogP contribution in [-0.2, 0) is 16.0 Å². The van der Waals surface area contributed by atoms with Gasteiger partial charge in [-0.1, -0.05) is 18.3 Å². The molecule has 0 aromatic carbocycles. The van der Waals surface area contributed by atoms with Crippen molar-refractivity contribution in [2.45, 2.75) is 38.6 Å². The summed E-state index contributed by atoms with van der Waals surface area (Å²) in [5, 5.41) is 12.2. The van der Waals surface area contributed by atoms with Gasteiger partial charge >= 0.3 is 0 Å². The summed E-state index contributed by atoms with van der Waals surface area (Å²) in [4.78, 5) is 12.0. The first-order valence-corrected chi connectivity index (χ1v) is 7.49. The van der Waals surface area contributed by atoms with E-state index < -0.39 is 6.04 Å². The van der Waals surface area contributed by atoms with Crippen LogP contribution in [0.25, 0.3) is 0 Å². The molecule has 20 heavy (non-hydrogen) atoms. The first kappa shape index (κ1) is 17.3. The second-order valence-corrected chi connectivity index (χ2v) is 5.78. The topological polar surface area (TPSA) is 90.1 Å². The normalized spacial score (nSPS) is 17.3. The molecule has 1 aromatic heterocycles. The third-order valence-corrected chi connectivity index (χ3v) is 4.14. The van der Waals surface area contributed by atoms with Crippen LogP contribution >= 0.6 is 23.7 Å². The molecule has 114 valence electrons. The molecule has 0 bridgehead atoms. The van der Waals surface area contributed by atoms with Gasteiger partial charge in [0.25, 0.3) is 0 Å². The minimum absolute atomic E-state index is 0. The van der Waals surface area contributed by atoms with E-state index in [0.717, 1.165) is 30.7 Å². The van der Waals surface area contributed by atoms with Gasteiger partial charge in [-0.25, -0.2) is 0 Å². The van der Waals surface area contributed by atoms with Crippen LogP contribution in [0.5, 0.6) is 0 Å². The minimum atomic E-state index is -0.498. The summed E-state index contributed by atoms with van der Waals surface area (Å²) in [5.41, 5.74) is 5.99. The van der Waals surface area contributed by atoms with E-state index >= 15 is 0 Å². The molecule has 0 aliphatic carbocycles. The number of aryl methyl sites for hydroxylation is 1. The van der Waals surface area contributed by atoms with Crippen LogP contribution in [0.1, 0.15) is 31.2 Å². The van der Waals surface area contributed by atoms with Crippen LogP contribution in [0.3, 0.4) is 0 Å². The maximum absolute atomic E-state index is 12.0. The Morgan fingerprint density at radius 2 is 2.20 bits per heavy atom. The van der Waals surface area contributed by atoms with Gasteiger partial charge in [-0.15, -0.1) is 22.6 Å². The summed E-state index contributed by atoms with van der Waals surface area (Å²) < 4.78 is 5.27. The maximum atomic E-state index is 12.0. The Balaban J connectivity index is 0.00000200. The largest absolute Gasteiger partial charge is 0.381 e. The van der Waals surface area contributed by atoms with Crippen LogP contribution in [0.4, 0.5) is 5.13 Å². The molecule has 1 atom stereocenters. The number of hydrogen-bond donors (Lipinski definition) is 2. The smallest absolute Gasteiger partial charge is 0.243 e. The van der Waals surface area contributed by atoms with Crippen LogP contribution in [-0.4, -0.2) is 35.4 Å². The number of nitrogens with zero attached hydrogens (tertiary/aromatic N) is 2. The number of amides is 1. The van der Waals surface area contributed by atoms with Crippen molar-refractivity contribution in [2.75, 3.05) is 18.5 Å². The molecule has 0 spiro atoms. The van der Waals surface area contributed by atoms with Crippen LogP contribution < -0.4 is 11.1 Å². The van der Waals surface area contributed by atoms with Gasteiger partial charge in [0.15, 0.2) is 0 Å². The lowest BCUT2D eigenvalue weighted by Crippen LogP contribution is -2.43. The zero-order valence-electron chi connectivity index (χ0n) is 11.5. The molecule has 0 saturated carbocycles. The van der Waals surface area contributed by atoms with E-state index in [9.17, 15) is 4.79 Å². The Hall–Kier alpha value is -0.760. The van der Waals surface area contributed by atoms with Crippen molar-refractivity contribution in [2.24, 2.45) is 11.7 Å². The van der Waals surface area contributed by atoms with E-state index in [1.165, 1.54) is 11.3 Å². The highest BCUT2D eigenvalue weighted by Crippen LogP contribution is 2.20. The van der Waals surface area contributed by atoms with Crippen molar-refractivity contribution >= 4 is 34.8 Å². The summed E-state index contributed by atoms with van der Waals surface area (Å²) in [7, 11) is 0. The molecule has 2 rings (SSSR count). The summed E-state index contributed by atoms with van der Waals surface area (Å²) in [5.74, 6) is 0.0166. The molecule has 6 nitrogen and oxygen atoms in total. The van der Waals surface area contributed by atoms with Crippen molar-refractivity contribution in [3.05, 3.63) is 5.01 Å². The Bertz CT molecular complexity index is 423. The standard InChI is InChI=1S/C12H20N4O2S.ClH/c1-2-3-9-15-16-12(19-9)14-11(17)10(13)8-4-6-18-7-5-8;/h8,10H,2-7,13H2,1H3,(H,14,16,17);1H. The molecule has 1 aliphatic rings. The second-order valence-electron chi connectivity index (χ2n) is 4.72. The van der Waals surface area contributed by atoms with E-state index in [1.54, 1.807) is 0 Å². The Morgan fingerprint density at radius 1 is 1.50 bits per heavy atom. The fourth-order valence-electron chi connectivity index (χ4n) is 2.10. The number of nitrogens with one attached hydrogen (secondary N) is 1. The van der Waals surface area contributed by atoms with E-state index in [-0.39, 0.29) is 24.2 Å². The molecule has 1 saturated heterocycles. The number of aromatic nitrogens is 2. The van der Waals surface area contributed by atoms with Gasteiger partial charge < -0.3 is 10.5 Å². The third kappa shape index (κ3) is 4.66. The maximum Gasteiger partial charge on any atom is 0.243 e. The highest BCUT2D eigenvalue weighted by atomic mass is 35.5. The number of ether oxygens (including phenoxy) is 1. The first-order chi connectivity index (χ1) is 9.20. The Morgan fingerprint density at radius 3 is 2.85 bits per heavy atom. The number of anilines is 1. The van der Waals surface area contributed by atoms with Crippen molar-refractivity contribution in [3.8, 4) is 0 Å². The van der Waals surface area contributed by atoms with Gasteiger partial charge in [0.2, 0.25) is 11.0 Å². The highest BCUT2D eigenvalue weighted by molar-refractivity contribution is 7.15. The highest BCUT2D eigenvalue weighted by Gasteiger charge is 2.27. The number of carbonyl (C=O) groups is 1. The summed E-state index contributed by atoms with van der Waals surface area (Å²) in [6, 6.07) is -0.498. The lowest BCUT2D eigenvalue weighted by atomic mass is 9.92. The molecule has 1 aliphatic heterocycles. The second kappa shape index (κ2) is 8.51. The summed E-state index contributed by atoms with van der Waals surface area (Å²) in [6.07, 6.45) is 3.58. The molecule has 1 amide bonds. The lowest BCUT2D eigenvalue weighted by molar-refractivity contribution is -0.119. The molecule has 1 unspecified atom stereocenters. The molecule has 1 aromatic rings. The van der Waals surface area contributed by atoms with Gasteiger partial charge in [-0.2, -0.15) is 0 Å². The number of halogens is 1. The van der Waals surface area contributed by atoms with Crippen molar-refractivity contribution in [3.63, 3.8) is 0 Å². The third-order valence-electron chi connectivity index (χ3n) is 3.24.